The second-order valence-corrected chi connectivity index (χ2v) is 5.48. The first-order valence-electron chi connectivity index (χ1n) is 5.81. The molecule has 0 unspecified atom stereocenters. The van der Waals surface area contributed by atoms with Gasteiger partial charge in [0, 0.05) is 24.7 Å². The smallest absolute Gasteiger partial charge is 0.321 e. The zero-order valence-corrected chi connectivity index (χ0v) is 12.2. The number of nitrogens with one attached hydrogen (secondary N) is 3. The third-order valence-corrected chi connectivity index (χ3v) is 2.52. The highest BCUT2D eigenvalue weighted by Crippen LogP contribution is 2.01. The Bertz CT molecular complexity index is 300. The molecule has 1 aliphatic rings. The lowest BCUT2D eigenvalue weighted by atomic mass is 10.1. The molecule has 18 heavy (non-hydrogen) atoms. The average molecular weight is 279 g/mol. The lowest BCUT2D eigenvalue weighted by Crippen LogP contribution is -2.58. The van der Waals surface area contributed by atoms with E-state index in [1.54, 1.807) is 0 Å². The van der Waals surface area contributed by atoms with Gasteiger partial charge in [0.15, 0.2) is 0 Å². The van der Waals surface area contributed by atoms with Crippen LogP contribution in [0, 0.1) is 0 Å². The fourth-order valence-corrected chi connectivity index (χ4v) is 1.48. The van der Waals surface area contributed by atoms with Crippen LogP contribution < -0.4 is 16.0 Å². The Morgan fingerprint density at radius 2 is 1.89 bits per heavy atom. The minimum atomic E-state index is -0.442. The van der Waals surface area contributed by atoms with Crippen molar-refractivity contribution < 1.29 is 9.59 Å². The van der Waals surface area contributed by atoms with Crippen molar-refractivity contribution in [2.24, 2.45) is 0 Å². The van der Waals surface area contributed by atoms with Gasteiger partial charge in [-0.15, -0.1) is 12.4 Å². The molecule has 3 amide bonds. The molecule has 0 saturated carbocycles. The maximum Gasteiger partial charge on any atom is 0.321 e. The Hall–Kier alpha value is -0.850. The maximum atomic E-state index is 11.6. The number of likely N-dealkylation sites (N-methyl/N-ethyl adjacent to an activating group) is 1. The average Bonchev–Trinajstić information content (AvgIpc) is 1.93. The van der Waals surface area contributed by atoms with Gasteiger partial charge in [-0.1, -0.05) is 0 Å². The van der Waals surface area contributed by atoms with Gasteiger partial charge < -0.3 is 10.6 Å². The highest BCUT2D eigenvalue weighted by molar-refractivity contribution is 5.95. The van der Waals surface area contributed by atoms with Crippen LogP contribution in [0.5, 0.6) is 0 Å². The molecule has 0 aliphatic carbocycles. The topological polar surface area (TPSA) is 73.5 Å². The van der Waals surface area contributed by atoms with E-state index in [0.717, 1.165) is 13.1 Å². The summed E-state index contributed by atoms with van der Waals surface area (Å²) in [6.45, 7) is 7.63. The molecule has 106 valence electrons. The van der Waals surface area contributed by atoms with E-state index in [2.05, 4.69) is 16.0 Å². The van der Waals surface area contributed by atoms with Crippen molar-refractivity contribution in [1.82, 2.24) is 20.9 Å². The normalized spacial score (nSPS) is 15.6. The molecule has 7 heteroatoms. The van der Waals surface area contributed by atoms with E-state index in [1.807, 2.05) is 32.7 Å². The number of hydrogen-bond donors (Lipinski definition) is 3. The predicted molar refractivity (Wildman–Crippen MR) is 73.0 cm³/mol. The van der Waals surface area contributed by atoms with E-state index in [1.165, 1.54) is 0 Å². The van der Waals surface area contributed by atoms with Gasteiger partial charge in [-0.2, -0.15) is 0 Å². The van der Waals surface area contributed by atoms with Crippen LogP contribution in [0.1, 0.15) is 20.8 Å². The summed E-state index contributed by atoms with van der Waals surface area (Å²) in [5, 5.41) is 8.13. The molecule has 0 spiro atoms. The summed E-state index contributed by atoms with van der Waals surface area (Å²) in [4.78, 5) is 24.9. The summed E-state index contributed by atoms with van der Waals surface area (Å²) in [7, 11) is 1.88. The van der Waals surface area contributed by atoms with Gasteiger partial charge in [-0.25, -0.2) is 4.79 Å². The highest BCUT2D eigenvalue weighted by atomic mass is 35.5. The van der Waals surface area contributed by atoms with Crippen LogP contribution in [0.3, 0.4) is 0 Å². The molecule has 1 heterocycles. The van der Waals surface area contributed by atoms with Crippen LogP contribution in [-0.4, -0.2) is 55.1 Å². The van der Waals surface area contributed by atoms with Crippen molar-refractivity contribution >= 4 is 24.3 Å². The quantitative estimate of drug-likeness (QED) is 0.676. The molecular formula is C11H23ClN4O2. The monoisotopic (exact) mass is 278 g/mol. The molecular weight excluding hydrogens is 256 g/mol. The van der Waals surface area contributed by atoms with E-state index in [0.29, 0.717) is 6.04 Å². The second kappa shape index (κ2) is 6.92. The van der Waals surface area contributed by atoms with Crippen molar-refractivity contribution in [2.45, 2.75) is 32.4 Å². The van der Waals surface area contributed by atoms with Crippen LogP contribution in [0.15, 0.2) is 0 Å². The van der Waals surface area contributed by atoms with Gasteiger partial charge in [-0.3, -0.25) is 15.0 Å². The number of carbonyl (C=O) groups excluding carboxylic acids is 2. The number of urea groups is 1. The lowest BCUT2D eigenvalue weighted by Gasteiger charge is -2.35. The summed E-state index contributed by atoms with van der Waals surface area (Å²) in [5.41, 5.74) is -0.339. The largest absolute Gasteiger partial charge is 0.333 e. The van der Waals surface area contributed by atoms with Gasteiger partial charge in [0.25, 0.3) is 0 Å². The molecule has 1 fully saturated rings. The molecule has 1 rings (SSSR count). The van der Waals surface area contributed by atoms with E-state index < -0.39 is 6.03 Å². The Balaban J connectivity index is 0.00000289. The molecule has 0 aromatic heterocycles. The standard InChI is InChI=1S/C11H22N4O2.ClH/c1-11(2,3)14-10(17)13-9(16)7-15(4)8-5-12-6-8;/h8,12H,5-7H2,1-4H3,(H2,13,14,16,17);1H. The molecule has 1 saturated heterocycles. The molecule has 6 nitrogen and oxygen atoms in total. The maximum absolute atomic E-state index is 11.6. The molecule has 0 radical (unpaired) electrons. The number of rotatable bonds is 3. The Morgan fingerprint density at radius 1 is 1.33 bits per heavy atom. The zero-order valence-electron chi connectivity index (χ0n) is 11.4. The zero-order chi connectivity index (χ0) is 13.1. The number of amides is 3. The van der Waals surface area contributed by atoms with Gasteiger partial charge in [0.1, 0.15) is 0 Å². The highest BCUT2D eigenvalue weighted by Gasteiger charge is 2.23. The third-order valence-electron chi connectivity index (χ3n) is 2.52. The van der Waals surface area contributed by atoms with Crippen molar-refractivity contribution in [3.8, 4) is 0 Å². The van der Waals surface area contributed by atoms with Crippen LogP contribution in [-0.2, 0) is 4.79 Å². The van der Waals surface area contributed by atoms with Crippen LogP contribution in [0.4, 0.5) is 4.79 Å². The van der Waals surface area contributed by atoms with E-state index in [9.17, 15) is 9.59 Å². The Labute approximate surface area is 114 Å². The van der Waals surface area contributed by atoms with Gasteiger partial charge in [0.05, 0.1) is 6.54 Å². The number of imide groups is 1. The first-order valence-corrected chi connectivity index (χ1v) is 5.81. The van der Waals surface area contributed by atoms with Crippen molar-refractivity contribution in [3.05, 3.63) is 0 Å². The van der Waals surface area contributed by atoms with E-state index in [-0.39, 0.29) is 30.4 Å². The molecule has 1 aliphatic heterocycles. The Morgan fingerprint density at radius 3 is 2.28 bits per heavy atom. The van der Waals surface area contributed by atoms with Crippen LogP contribution >= 0.6 is 12.4 Å². The lowest BCUT2D eigenvalue weighted by molar-refractivity contribution is -0.121. The number of hydrogen-bond acceptors (Lipinski definition) is 4. The minimum absolute atomic E-state index is 0. The van der Waals surface area contributed by atoms with E-state index in [4.69, 9.17) is 0 Å². The van der Waals surface area contributed by atoms with Gasteiger partial charge in [0.2, 0.25) is 5.91 Å². The van der Waals surface area contributed by atoms with Crippen molar-refractivity contribution in [1.29, 1.82) is 0 Å². The Kier molecular flexibility index (Phi) is 6.59. The molecule has 0 bridgehead atoms. The van der Waals surface area contributed by atoms with Crippen LogP contribution in [0.2, 0.25) is 0 Å². The summed E-state index contributed by atoms with van der Waals surface area (Å²) >= 11 is 0. The number of nitrogens with zero attached hydrogens (tertiary/aromatic N) is 1. The van der Waals surface area contributed by atoms with Crippen LogP contribution in [0.25, 0.3) is 0 Å². The summed E-state index contributed by atoms with van der Waals surface area (Å²) in [6.07, 6.45) is 0. The number of carbonyl (C=O) groups is 2. The molecule has 0 aromatic carbocycles. The molecule has 0 aromatic rings. The van der Waals surface area contributed by atoms with Gasteiger partial charge in [-0.05, 0) is 27.8 Å². The molecule has 3 N–H and O–H groups in total. The fraction of sp³-hybridized carbons (Fsp3) is 0.818. The third kappa shape index (κ3) is 6.18. The van der Waals surface area contributed by atoms with Crippen molar-refractivity contribution in [3.63, 3.8) is 0 Å². The fourth-order valence-electron chi connectivity index (χ4n) is 1.48. The number of halogens is 1. The second-order valence-electron chi connectivity index (χ2n) is 5.48. The SMILES string of the molecule is CN(CC(=O)NC(=O)NC(C)(C)C)C1CNC1.Cl. The summed E-state index contributed by atoms with van der Waals surface area (Å²) in [5.74, 6) is -0.277. The van der Waals surface area contributed by atoms with E-state index >= 15 is 0 Å². The first-order chi connectivity index (χ1) is 7.78. The first kappa shape index (κ1) is 17.2. The summed E-state index contributed by atoms with van der Waals surface area (Å²) in [6, 6.07) is -0.0472. The summed E-state index contributed by atoms with van der Waals surface area (Å²) < 4.78 is 0. The minimum Gasteiger partial charge on any atom is -0.333 e. The van der Waals surface area contributed by atoms with Gasteiger partial charge >= 0.3 is 6.03 Å². The van der Waals surface area contributed by atoms with Crippen molar-refractivity contribution in [2.75, 3.05) is 26.7 Å². The molecule has 0 atom stereocenters. The predicted octanol–water partition coefficient (Wildman–Crippen LogP) is -0.0639.